The molecule has 110 valence electrons. The number of aromatic hydroxyl groups is 1. The molecule has 0 saturated heterocycles. The van der Waals surface area contributed by atoms with E-state index in [2.05, 4.69) is 19.2 Å². The Labute approximate surface area is 125 Å². The van der Waals surface area contributed by atoms with Crippen molar-refractivity contribution < 1.29 is 9.90 Å². The summed E-state index contributed by atoms with van der Waals surface area (Å²) in [4.78, 5) is 12.0. The Balaban J connectivity index is 1.88. The highest BCUT2D eigenvalue weighted by molar-refractivity contribution is 5.94. The zero-order valence-electron chi connectivity index (χ0n) is 12.5. The first-order valence-electron chi connectivity index (χ1n) is 7.23. The van der Waals surface area contributed by atoms with Gasteiger partial charge in [-0.05, 0) is 41.7 Å². The van der Waals surface area contributed by atoms with Crippen LogP contribution in [-0.2, 0) is 6.42 Å². The maximum Gasteiger partial charge on any atom is 0.251 e. The fourth-order valence-electron chi connectivity index (χ4n) is 2.15. The summed E-state index contributed by atoms with van der Waals surface area (Å²) in [6, 6.07) is 14.9. The van der Waals surface area contributed by atoms with Gasteiger partial charge in [-0.25, -0.2) is 0 Å². The summed E-state index contributed by atoms with van der Waals surface area (Å²) in [5.41, 5.74) is 2.73. The Morgan fingerprint density at radius 3 is 2.38 bits per heavy atom. The predicted octanol–water partition coefficient (Wildman–Crippen LogP) is 3.49. The van der Waals surface area contributed by atoms with E-state index in [0.29, 0.717) is 24.4 Å². The molecule has 0 bridgehead atoms. The summed E-state index contributed by atoms with van der Waals surface area (Å²) in [6.07, 6.45) is 0.614. The first-order valence-corrected chi connectivity index (χ1v) is 7.23. The Morgan fingerprint density at radius 2 is 1.76 bits per heavy atom. The van der Waals surface area contributed by atoms with Crippen molar-refractivity contribution in [2.75, 3.05) is 6.54 Å². The number of carbonyl (C=O) groups excluding carboxylic acids is 1. The molecule has 1 amide bonds. The highest BCUT2D eigenvalue weighted by Crippen LogP contribution is 2.16. The van der Waals surface area contributed by atoms with Crippen molar-refractivity contribution >= 4 is 5.91 Å². The number of phenols is 1. The molecular weight excluding hydrogens is 262 g/mol. The van der Waals surface area contributed by atoms with Gasteiger partial charge in [0.1, 0.15) is 5.75 Å². The molecule has 0 aliphatic carbocycles. The van der Waals surface area contributed by atoms with Crippen molar-refractivity contribution in [2.24, 2.45) is 0 Å². The van der Waals surface area contributed by atoms with Gasteiger partial charge >= 0.3 is 0 Å². The summed E-state index contributed by atoms with van der Waals surface area (Å²) in [5, 5.41) is 12.5. The maximum atomic E-state index is 12.0. The van der Waals surface area contributed by atoms with Crippen LogP contribution in [0, 0.1) is 0 Å². The van der Waals surface area contributed by atoms with Crippen molar-refractivity contribution in [1.29, 1.82) is 0 Å². The number of carbonyl (C=O) groups is 1. The predicted molar refractivity (Wildman–Crippen MR) is 84.7 cm³/mol. The maximum absolute atomic E-state index is 12.0. The largest absolute Gasteiger partial charge is 0.508 e. The first-order chi connectivity index (χ1) is 10.1. The van der Waals surface area contributed by atoms with Crippen LogP contribution in [0.1, 0.15) is 41.3 Å². The Morgan fingerprint density at radius 1 is 1.10 bits per heavy atom. The first kappa shape index (κ1) is 15.1. The van der Waals surface area contributed by atoms with Gasteiger partial charge in [-0.3, -0.25) is 4.79 Å². The van der Waals surface area contributed by atoms with Crippen LogP contribution in [0.2, 0.25) is 0 Å². The molecule has 0 spiro atoms. The second kappa shape index (κ2) is 6.93. The average Bonchev–Trinajstić information content (AvgIpc) is 2.49. The lowest BCUT2D eigenvalue weighted by atomic mass is 10.0. The van der Waals surface area contributed by atoms with Crippen LogP contribution in [0.5, 0.6) is 5.75 Å². The molecule has 2 N–H and O–H groups in total. The van der Waals surface area contributed by atoms with Crippen LogP contribution in [-0.4, -0.2) is 17.6 Å². The smallest absolute Gasteiger partial charge is 0.251 e. The van der Waals surface area contributed by atoms with E-state index >= 15 is 0 Å². The Hall–Kier alpha value is -2.29. The molecule has 0 saturated carbocycles. The molecule has 0 radical (unpaired) electrons. The van der Waals surface area contributed by atoms with Gasteiger partial charge in [-0.1, -0.05) is 44.2 Å². The minimum Gasteiger partial charge on any atom is -0.508 e. The van der Waals surface area contributed by atoms with Gasteiger partial charge in [0.25, 0.3) is 5.91 Å². The molecule has 21 heavy (non-hydrogen) atoms. The molecule has 3 nitrogen and oxygen atoms in total. The molecule has 0 unspecified atom stereocenters. The van der Waals surface area contributed by atoms with E-state index in [9.17, 15) is 9.90 Å². The summed E-state index contributed by atoms with van der Waals surface area (Å²) < 4.78 is 0. The minimum absolute atomic E-state index is 0.0827. The van der Waals surface area contributed by atoms with Crippen LogP contribution in [0.15, 0.2) is 48.5 Å². The topological polar surface area (TPSA) is 49.3 Å². The van der Waals surface area contributed by atoms with Crippen LogP contribution in [0.25, 0.3) is 0 Å². The molecule has 0 aromatic heterocycles. The summed E-state index contributed by atoms with van der Waals surface area (Å²) in [7, 11) is 0. The van der Waals surface area contributed by atoms with Gasteiger partial charge in [0.2, 0.25) is 0 Å². The van der Waals surface area contributed by atoms with E-state index in [4.69, 9.17) is 0 Å². The van der Waals surface area contributed by atoms with E-state index in [-0.39, 0.29) is 11.7 Å². The van der Waals surface area contributed by atoms with Crippen molar-refractivity contribution in [3.8, 4) is 5.75 Å². The number of benzene rings is 2. The molecule has 0 aliphatic rings. The third-order valence-electron chi connectivity index (χ3n) is 3.51. The highest BCUT2D eigenvalue weighted by atomic mass is 16.3. The Bertz CT molecular complexity index is 603. The number of rotatable bonds is 5. The second-order valence-corrected chi connectivity index (χ2v) is 5.41. The molecule has 2 aromatic rings. The monoisotopic (exact) mass is 283 g/mol. The number of nitrogens with one attached hydrogen (secondary N) is 1. The second-order valence-electron chi connectivity index (χ2n) is 5.41. The molecule has 3 heteroatoms. The standard InChI is InChI=1S/C18H21NO2/c1-13(2)14-7-9-16(10-8-14)18(21)19-12-11-15-5-3-4-6-17(15)20/h3-10,13,20H,11-12H2,1-2H3,(H,19,21). The summed E-state index contributed by atoms with van der Waals surface area (Å²) >= 11 is 0. The Kier molecular flexibility index (Phi) is 4.99. The van der Waals surface area contributed by atoms with Gasteiger partial charge in [0.05, 0.1) is 0 Å². The van der Waals surface area contributed by atoms with E-state index in [1.165, 1.54) is 5.56 Å². The van der Waals surface area contributed by atoms with E-state index in [1.54, 1.807) is 12.1 Å². The third kappa shape index (κ3) is 4.09. The normalized spacial score (nSPS) is 10.6. The SMILES string of the molecule is CC(C)c1ccc(C(=O)NCCc2ccccc2O)cc1. The van der Waals surface area contributed by atoms with Crippen molar-refractivity contribution in [3.05, 3.63) is 65.2 Å². The minimum atomic E-state index is -0.0827. The van der Waals surface area contributed by atoms with Crippen LogP contribution in [0.3, 0.4) is 0 Å². The third-order valence-corrected chi connectivity index (χ3v) is 3.51. The van der Waals surface area contributed by atoms with Crippen molar-refractivity contribution in [3.63, 3.8) is 0 Å². The quantitative estimate of drug-likeness (QED) is 0.882. The lowest BCUT2D eigenvalue weighted by Gasteiger charge is -2.08. The number of amides is 1. The van der Waals surface area contributed by atoms with Gasteiger partial charge in [0, 0.05) is 12.1 Å². The summed E-state index contributed by atoms with van der Waals surface area (Å²) in [5.74, 6) is 0.650. The fraction of sp³-hybridized carbons (Fsp3) is 0.278. The summed E-state index contributed by atoms with van der Waals surface area (Å²) in [6.45, 7) is 4.76. The molecule has 0 atom stereocenters. The highest BCUT2D eigenvalue weighted by Gasteiger charge is 2.06. The van der Waals surface area contributed by atoms with Crippen LogP contribution >= 0.6 is 0 Å². The van der Waals surface area contributed by atoms with Crippen LogP contribution < -0.4 is 5.32 Å². The van der Waals surface area contributed by atoms with E-state index in [0.717, 1.165) is 5.56 Å². The van der Waals surface area contributed by atoms with Gasteiger partial charge in [0.15, 0.2) is 0 Å². The zero-order valence-corrected chi connectivity index (χ0v) is 12.5. The van der Waals surface area contributed by atoms with Crippen LogP contribution in [0.4, 0.5) is 0 Å². The van der Waals surface area contributed by atoms with E-state index in [1.807, 2.05) is 36.4 Å². The van der Waals surface area contributed by atoms with Crippen molar-refractivity contribution in [1.82, 2.24) is 5.32 Å². The number of hydrogen-bond donors (Lipinski definition) is 2. The lowest BCUT2D eigenvalue weighted by molar-refractivity contribution is 0.0954. The molecule has 0 aliphatic heterocycles. The number of phenolic OH excluding ortho intramolecular Hbond substituents is 1. The van der Waals surface area contributed by atoms with Gasteiger partial charge < -0.3 is 10.4 Å². The van der Waals surface area contributed by atoms with Crippen molar-refractivity contribution in [2.45, 2.75) is 26.2 Å². The molecule has 2 aromatic carbocycles. The number of para-hydroxylation sites is 1. The molecular formula is C18H21NO2. The fourth-order valence-corrected chi connectivity index (χ4v) is 2.15. The van der Waals surface area contributed by atoms with Gasteiger partial charge in [-0.15, -0.1) is 0 Å². The molecule has 0 heterocycles. The molecule has 0 fully saturated rings. The lowest BCUT2D eigenvalue weighted by Crippen LogP contribution is -2.25. The average molecular weight is 283 g/mol. The zero-order chi connectivity index (χ0) is 15.2. The van der Waals surface area contributed by atoms with E-state index < -0.39 is 0 Å². The molecule has 2 rings (SSSR count). The van der Waals surface area contributed by atoms with Gasteiger partial charge in [-0.2, -0.15) is 0 Å². The number of hydrogen-bond acceptors (Lipinski definition) is 2.